The molecule has 0 radical (unpaired) electrons. The van der Waals surface area contributed by atoms with Gasteiger partial charge in [-0.25, -0.2) is 0 Å². The van der Waals surface area contributed by atoms with Crippen LogP contribution < -0.4 is 15.0 Å². The maximum absolute atomic E-state index is 4.03. The number of hydrogen-bond donors (Lipinski definition) is 0. The summed E-state index contributed by atoms with van der Waals surface area (Å²) >= 11 is 0. The molecule has 1 unspecified atom stereocenters. The lowest BCUT2D eigenvalue weighted by Crippen LogP contribution is -2.22. The summed E-state index contributed by atoms with van der Waals surface area (Å²) in [5, 5.41) is 6.17. The first-order valence-electron chi connectivity index (χ1n) is 14.8. The molecule has 6 rings (SSSR count). The molecule has 5 aromatic rings. The molecule has 43 heavy (non-hydrogen) atoms. The summed E-state index contributed by atoms with van der Waals surface area (Å²) in [6.07, 6.45) is 19.7. The van der Waals surface area contributed by atoms with Crippen molar-refractivity contribution in [3.05, 3.63) is 182 Å². The number of allylic oxidation sites excluding steroid dienone is 8. The van der Waals surface area contributed by atoms with E-state index in [2.05, 4.69) is 151 Å². The van der Waals surface area contributed by atoms with Gasteiger partial charge in [-0.15, -0.1) is 0 Å². The fraction of sp³-hybridized carbons (Fsp3) is 0.0732. The van der Waals surface area contributed by atoms with Crippen molar-refractivity contribution in [2.24, 2.45) is 5.92 Å². The first-order chi connectivity index (χ1) is 21.2. The number of para-hydroxylation sites is 2. The summed E-state index contributed by atoms with van der Waals surface area (Å²) in [6, 6.07) is 36.7. The van der Waals surface area contributed by atoms with Gasteiger partial charge in [0, 0.05) is 40.3 Å². The number of anilines is 3. The summed E-state index contributed by atoms with van der Waals surface area (Å²) in [7, 11) is 0. The van der Waals surface area contributed by atoms with E-state index >= 15 is 0 Å². The van der Waals surface area contributed by atoms with E-state index in [0.717, 1.165) is 17.8 Å². The second-order valence-electron chi connectivity index (χ2n) is 10.8. The highest BCUT2D eigenvalue weighted by Crippen LogP contribution is 2.41. The molecule has 0 aromatic heterocycles. The third-order valence-corrected chi connectivity index (χ3v) is 8.04. The Labute approximate surface area is 254 Å². The van der Waals surface area contributed by atoms with Gasteiger partial charge in [0.15, 0.2) is 0 Å². The average molecular weight is 557 g/mol. The zero-order valence-corrected chi connectivity index (χ0v) is 24.6. The van der Waals surface area contributed by atoms with Gasteiger partial charge in [0.1, 0.15) is 0 Å². The first-order valence-corrected chi connectivity index (χ1v) is 14.8. The van der Waals surface area contributed by atoms with Gasteiger partial charge in [-0.1, -0.05) is 117 Å². The van der Waals surface area contributed by atoms with Gasteiger partial charge in [-0.05, 0) is 82.4 Å². The minimum Gasteiger partial charge on any atom is -0.317 e. The standard InChI is InChI=1S/C41H36N2/c1-4-16-34(5-2)42(35-20-8-6-9-21-35)30-15-19-32-26-28-38-40(29-27-33-18-14-24-37(32)41(33)38)43(36-22-10-7-11-23-36)39-25-13-12-17-31(39)3/h4-16,18-31H,1-2,17H2,3H3/b30-15+,32-19-,34-16+. The summed E-state index contributed by atoms with van der Waals surface area (Å²) in [6.45, 7) is 10.2. The van der Waals surface area contributed by atoms with Crippen molar-refractivity contribution in [3.63, 3.8) is 0 Å². The van der Waals surface area contributed by atoms with Crippen molar-refractivity contribution in [2.75, 3.05) is 9.80 Å². The van der Waals surface area contributed by atoms with E-state index < -0.39 is 0 Å². The Kier molecular flexibility index (Phi) is 8.19. The predicted octanol–water partition coefficient (Wildman–Crippen LogP) is 10.4. The molecule has 1 aliphatic rings. The summed E-state index contributed by atoms with van der Waals surface area (Å²) in [4.78, 5) is 4.56. The summed E-state index contributed by atoms with van der Waals surface area (Å²) in [5.74, 6) is 0.416. The average Bonchev–Trinajstić information content (AvgIpc) is 3.06. The quantitative estimate of drug-likeness (QED) is 0.167. The Morgan fingerprint density at radius 1 is 0.791 bits per heavy atom. The van der Waals surface area contributed by atoms with Crippen LogP contribution in [-0.4, -0.2) is 0 Å². The van der Waals surface area contributed by atoms with Crippen molar-refractivity contribution in [3.8, 4) is 0 Å². The fourth-order valence-corrected chi connectivity index (χ4v) is 5.95. The van der Waals surface area contributed by atoms with Crippen LogP contribution >= 0.6 is 0 Å². The van der Waals surface area contributed by atoms with Crippen LogP contribution in [0.2, 0.25) is 0 Å². The molecule has 0 amide bonds. The summed E-state index contributed by atoms with van der Waals surface area (Å²) in [5.41, 5.74) is 5.70. The Morgan fingerprint density at radius 3 is 2.28 bits per heavy atom. The SMILES string of the molecule is C=C/C=C(\C=C)N(/C=C/C=c1/ccc2c(N(C3=CC=CCC3C)c3ccccc3)ccc3cccc1c32)c1ccccc1. The molecule has 1 atom stereocenters. The maximum atomic E-state index is 4.03. The minimum absolute atomic E-state index is 0.416. The third-order valence-electron chi connectivity index (χ3n) is 8.04. The second-order valence-corrected chi connectivity index (χ2v) is 10.8. The van der Waals surface area contributed by atoms with E-state index in [4.69, 9.17) is 0 Å². The largest absolute Gasteiger partial charge is 0.317 e. The van der Waals surface area contributed by atoms with Crippen LogP contribution in [0.1, 0.15) is 13.3 Å². The Balaban J connectivity index is 1.50. The van der Waals surface area contributed by atoms with E-state index in [1.54, 1.807) is 6.08 Å². The molecule has 0 N–H and O–H groups in total. The molecule has 210 valence electrons. The van der Waals surface area contributed by atoms with Crippen molar-refractivity contribution >= 4 is 44.7 Å². The molecule has 0 heterocycles. The number of rotatable bonds is 9. The molecule has 0 spiro atoms. The molecule has 0 fully saturated rings. The normalized spacial score (nSPS) is 15.7. The highest BCUT2D eigenvalue weighted by Gasteiger charge is 2.22. The Hall–Kier alpha value is -5.34. The molecule has 2 heteroatoms. The fourth-order valence-electron chi connectivity index (χ4n) is 5.95. The maximum Gasteiger partial charge on any atom is 0.0537 e. The highest BCUT2D eigenvalue weighted by molar-refractivity contribution is 6.15. The van der Waals surface area contributed by atoms with Gasteiger partial charge in [0.2, 0.25) is 0 Å². The topological polar surface area (TPSA) is 6.48 Å². The van der Waals surface area contributed by atoms with Crippen molar-refractivity contribution in [2.45, 2.75) is 13.3 Å². The lowest BCUT2D eigenvalue weighted by Gasteiger charge is -2.33. The third kappa shape index (κ3) is 5.60. The number of benzene rings is 5. The van der Waals surface area contributed by atoms with E-state index in [-0.39, 0.29) is 0 Å². The van der Waals surface area contributed by atoms with Crippen LogP contribution in [0, 0.1) is 5.92 Å². The lowest BCUT2D eigenvalue weighted by molar-refractivity contribution is 0.670. The zero-order valence-electron chi connectivity index (χ0n) is 24.6. The van der Waals surface area contributed by atoms with Gasteiger partial charge in [-0.3, -0.25) is 0 Å². The van der Waals surface area contributed by atoms with Crippen LogP contribution in [0.25, 0.3) is 27.6 Å². The summed E-state index contributed by atoms with van der Waals surface area (Å²) < 4.78 is 0. The molecule has 0 aliphatic heterocycles. The molecule has 0 saturated carbocycles. The molecule has 0 bridgehead atoms. The zero-order chi connectivity index (χ0) is 29.6. The van der Waals surface area contributed by atoms with E-state index in [1.165, 1.54) is 43.8 Å². The molecular weight excluding hydrogens is 520 g/mol. The molecule has 2 nitrogen and oxygen atoms in total. The molecule has 0 saturated heterocycles. The Bertz CT molecular complexity index is 1940. The van der Waals surface area contributed by atoms with E-state index in [9.17, 15) is 0 Å². The van der Waals surface area contributed by atoms with Gasteiger partial charge < -0.3 is 9.80 Å². The second kappa shape index (κ2) is 12.7. The van der Waals surface area contributed by atoms with Gasteiger partial charge in [-0.2, -0.15) is 0 Å². The monoisotopic (exact) mass is 556 g/mol. The van der Waals surface area contributed by atoms with Crippen molar-refractivity contribution in [1.82, 2.24) is 0 Å². The van der Waals surface area contributed by atoms with Gasteiger partial charge in [0.25, 0.3) is 0 Å². The predicted molar refractivity (Wildman–Crippen MR) is 187 cm³/mol. The number of nitrogens with zero attached hydrogens (tertiary/aromatic N) is 2. The van der Waals surface area contributed by atoms with Crippen molar-refractivity contribution in [1.29, 1.82) is 0 Å². The van der Waals surface area contributed by atoms with Crippen LogP contribution in [0.4, 0.5) is 17.1 Å². The Morgan fingerprint density at radius 2 is 1.56 bits per heavy atom. The van der Waals surface area contributed by atoms with Crippen LogP contribution in [0.15, 0.2) is 176 Å². The van der Waals surface area contributed by atoms with Gasteiger partial charge >= 0.3 is 0 Å². The lowest BCUT2D eigenvalue weighted by atomic mass is 9.94. The first kappa shape index (κ1) is 27.8. The molecular formula is C41H36N2. The highest BCUT2D eigenvalue weighted by atomic mass is 15.2. The van der Waals surface area contributed by atoms with Crippen LogP contribution in [0.3, 0.4) is 0 Å². The number of hydrogen-bond acceptors (Lipinski definition) is 2. The minimum atomic E-state index is 0.416. The van der Waals surface area contributed by atoms with Gasteiger partial charge in [0.05, 0.1) is 5.69 Å². The van der Waals surface area contributed by atoms with Crippen molar-refractivity contribution < 1.29 is 0 Å². The van der Waals surface area contributed by atoms with Crippen LogP contribution in [0.5, 0.6) is 0 Å². The van der Waals surface area contributed by atoms with Crippen LogP contribution in [-0.2, 0) is 0 Å². The van der Waals surface area contributed by atoms with E-state index in [1.807, 2.05) is 30.4 Å². The molecule has 5 aromatic carbocycles. The van der Waals surface area contributed by atoms with E-state index in [0.29, 0.717) is 5.92 Å². The smallest absolute Gasteiger partial charge is 0.0537 e. The molecule has 1 aliphatic carbocycles.